The van der Waals surface area contributed by atoms with E-state index in [1.54, 1.807) is 0 Å². The third-order valence-electron chi connectivity index (χ3n) is 3.90. The standard InChI is InChI=1S/C16H23Cl2NO2/c1-3-6-21-16-13(17)8-11(9-14(16)18)7-12-10-19(2)5-4-15(12)20/h8-9,12,15,20H,3-7,10H2,1-2H3. The van der Waals surface area contributed by atoms with Gasteiger partial charge in [-0.3, -0.25) is 0 Å². The number of aliphatic hydroxyl groups is 1. The Kier molecular flexibility index (Phi) is 6.18. The Balaban J connectivity index is 2.10. The van der Waals surface area contributed by atoms with Crippen molar-refractivity contribution in [1.29, 1.82) is 0 Å². The third kappa shape index (κ3) is 4.49. The number of piperidine rings is 1. The number of hydrogen-bond acceptors (Lipinski definition) is 3. The molecule has 1 fully saturated rings. The summed E-state index contributed by atoms with van der Waals surface area (Å²) in [4.78, 5) is 2.25. The van der Waals surface area contributed by atoms with Crippen molar-refractivity contribution in [2.45, 2.75) is 32.3 Å². The van der Waals surface area contributed by atoms with Crippen LogP contribution < -0.4 is 4.74 Å². The van der Waals surface area contributed by atoms with Crippen LogP contribution in [0, 0.1) is 5.92 Å². The molecule has 1 heterocycles. The van der Waals surface area contributed by atoms with E-state index in [-0.39, 0.29) is 12.0 Å². The SMILES string of the molecule is CCCOc1c(Cl)cc(CC2CN(C)CCC2O)cc1Cl. The lowest BCUT2D eigenvalue weighted by molar-refractivity contribution is 0.0366. The van der Waals surface area contributed by atoms with Crippen molar-refractivity contribution in [2.24, 2.45) is 5.92 Å². The zero-order valence-corrected chi connectivity index (χ0v) is 14.1. The Bertz CT molecular complexity index is 458. The zero-order chi connectivity index (χ0) is 15.4. The molecule has 3 nitrogen and oxygen atoms in total. The second-order valence-corrected chi connectivity index (χ2v) is 6.63. The van der Waals surface area contributed by atoms with Gasteiger partial charge in [0.2, 0.25) is 0 Å². The van der Waals surface area contributed by atoms with Crippen LogP contribution in [0.15, 0.2) is 12.1 Å². The number of rotatable bonds is 5. The van der Waals surface area contributed by atoms with Crippen LogP contribution in [0.2, 0.25) is 10.0 Å². The summed E-state index contributed by atoms with van der Waals surface area (Å²) in [5.74, 6) is 0.781. The van der Waals surface area contributed by atoms with Gasteiger partial charge in [-0.1, -0.05) is 30.1 Å². The zero-order valence-electron chi connectivity index (χ0n) is 12.6. The summed E-state index contributed by atoms with van der Waals surface area (Å²) in [5, 5.41) is 11.2. The second kappa shape index (κ2) is 7.68. The van der Waals surface area contributed by atoms with Crippen LogP contribution in [0.1, 0.15) is 25.3 Å². The van der Waals surface area contributed by atoms with Crippen molar-refractivity contribution in [2.75, 3.05) is 26.7 Å². The smallest absolute Gasteiger partial charge is 0.156 e. The maximum atomic E-state index is 10.1. The molecule has 0 aliphatic carbocycles. The summed E-state index contributed by atoms with van der Waals surface area (Å²) >= 11 is 12.5. The number of nitrogens with zero attached hydrogens (tertiary/aromatic N) is 1. The quantitative estimate of drug-likeness (QED) is 0.894. The summed E-state index contributed by atoms with van der Waals surface area (Å²) in [6.45, 7) is 4.48. The van der Waals surface area contributed by atoms with Crippen molar-refractivity contribution in [3.63, 3.8) is 0 Å². The highest BCUT2D eigenvalue weighted by Gasteiger charge is 2.26. The first kappa shape index (κ1) is 16.9. The first-order chi connectivity index (χ1) is 10.0. The number of aliphatic hydroxyl groups excluding tert-OH is 1. The van der Waals surface area contributed by atoms with E-state index in [0.717, 1.165) is 37.9 Å². The third-order valence-corrected chi connectivity index (χ3v) is 4.46. The minimum atomic E-state index is -0.255. The normalized spacial score (nSPS) is 23.3. The molecule has 5 heteroatoms. The van der Waals surface area contributed by atoms with Crippen LogP contribution >= 0.6 is 23.2 Å². The molecule has 2 unspecified atom stereocenters. The summed E-state index contributed by atoms with van der Waals surface area (Å²) in [6.07, 6.45) is 2.25. The van der Waals surface area contributed by atoms with Gasteiger partial charge >= 0.3 is 0 Å². The fourth-order valence-electron chi connectivity index (χ4n) is 2.78. The first-order valence-corrected chi connectivity index (χ1v) is 8.24. The van der Waals surface area contributed by atoms with Gasteiger partial charge in [0, 0.05) is 19.0 Å². The van der Waals surface area contributed by atoms with Gasteiger partial charge in [0.25, 0.3) is 0 Å². The Labute approximate surface area is 136 Å². The van der Waals surface area contributed by atoms with Crippen LogP contribution in [0.25, 0.3) is 0 Å². The lowest BCUT2D eigenvalue weighted by Crippen LogP contribution is -2.41. The summed E-state index contributed by atoms with van der Waals surface area (Å²) < 4.78 is 5.58. The summed E-state index contributed by atoms with van der Waals surface area (Å²) in [6, 6.07) is 3.81. The minimum absolute atomic E-state index is 0.221. The molecule has 1 aliphatic rings. The van der Waals surface area contributed by atoms with Crippen molar-refractivity contribution in [1.82, 2.24) is 4.90 Å². The number of ether oxygens (including phenoxy) is 1. The molecule has 0 saturated carbocycles. The number of benzene rings is 1. The molecule has 1 aliphatic heterocycles. The number of hydrogen-bond donors (Lipinski definition) is 1. The van der Waals surface area contributed by atoms with Gasteiger partial charge in [-0.15, -0.1) is 0 Å². The topological polar surface area (TPSA) is 32.7 Å². The molecule has 0 aromatic heterocycles. The van der Waals surface area contributed by atoms with E-state index in [9.17, 15) is 5.11 Å². The van der Waals surface area contributed by atoms with Crippen LogP contribution in [0.5, 0.6) is 5.75 Å². The average Bonchev–Trinajstić information content (AvgIpc) is 2.42. The minimum Gasteiger partial charge on any atom is -0.490 e. The summed E-state index contributed by atoms with van der Waals surface area (Å²) in [5.41, 5.74) is 1.05. The van der Waals surface area contributed by atoms with Gasteiger partial charge in [-0.2, -0.15) is 0 Å². The largest absolute Gasteiger partial charge is 0.490 e. The van der Waals surface area contributed by atoms with Crippen LogP contribution in [-0.2, 0) is 6.42 Å². The van der Waals surface area contributed by atoms with Crippen LogP contribution in [-0.4, -0.2) is 42.9 Å². The molecule has 1 aromatic carbocycles. The van der Waals surface area contributed by atoms with Crippen molar-refractivity contribution in [3.8, 4) is 5.75 Å². The molecule has 2 rings (SSSR count). The Morgan fingerprint density at radius 3 is 2.62 bits per heavy atom. The lowest BCUT2D eigenvalue weighted by atomic mass is 9.89. The first-order valence-electron chi connectivity index (χ1n) is 7.48. The van der Waals surface area contributed by atoms with Crippen molar-refractivity contribution >= 4 is 23.2 Å². The van der Waals surface area contributed by atoms with E-state index in [2.05, 4.69) is 11.9 Å². The van der Waals surface area contributed by atoms with E-state index in [1.807, 2.05) is 19.1 Å². The van der Waals surface area contributed by atoms with Crippen LogP contribution in [0.3, 0.4) is 0 Å². The average molecular weight is 332 g/mol. The summed E-state index contributed by atoms with van der Waals surface area (Å²) in [7, 11) is 2.08. The highest BCUT2D eigenvalue weighted by Crippen LogP contribution is 2.35. The molecule has 0 spiro atoms. The highest BCUT2D eigenvalue weighted by molar-refractivity contribution is 6.37. The van der Waals surface area contributed by atoms with Gasteiger partial charge in [0.05, 0.1) is 22.8 Å². The highest BCUT2D eigenvalue weighted by atomic mass is 35.5. The predicted molar refractivity (Wildman–Crippen MR) is 87.6 cm³/mol. The fourth-order valence-corrected chi connectivity index (χ4v) is 3.42. The Hall–Kier alpha value is -0.480. The Morgan fingerprint density at radius 1 is 1.33 bits per heavy atom. The molecule has 1 aromatic rings. The van der Waals surface area contributed by atoms with E-state index in [0.29, 0.717) is 22.4 Å². The number of halogens is 2. The van der Waals surface area contributed by atoms with Gasteiger partial charge < -0.3 is 14.7 Å². The molecule has 0 radical (unpaired) electrons. The van der Waals surface area contributed by atoms with Crippen molar-refractivity contribution in [3.05, 3.63) is 27.7 Å². The predicted octanol–water partition coefficient (Wildman–Crippen LogP) is 3.64. The Morgan fingerprint density at radius 2 is 2.00 bits per heavy atom. The molecular weight excluding hydrogens is 309 g/mol. The fraction of sp³-hybridized carbons (Fsp3) is 0.625. The molecule has 1 saturated heterocycles. The van der Waals surface area contributed by atoms with E-state index < -0.39 is 0 Å². The van der Waals surface area contributed by atoms with Gasteiger partial charge in [-0.05, 0) is 44.0 Å². The van der Waals surface area contributed by atoms with E-state index in [4.69, 9.17) is 27.9 Å². The van der Waals surface area contributed by atoms with Crippen LogP contribution in [0.4, 0.5) is 0 Å². The van der Waals surface area contributed by atoms with E-state index in [1.165, 1.54) is 0 Å². The van der Waals surface area contributed by atoms with E-state index >= 15 is 0 Å². The molecule has 118 valence electrons. The molecular formula is C16H23Cl2NO2. The van der Waals surface area contributed by atoms with Gasteiger partial charge in [-0.25, -0.2) is 0 Å². The lowest BCUT2D eigenvalue weighted by Gasteiger charge is -2.34. The second-order valence-electron chi connectivity index (χ2n) is 5.82. The molecule has 1 N–H and O–H groups in total. The monoisotopic (exact) mass is 331 g/mol. The molecule has 21 heavy (non-hydrogen) atoms. The molecule has 0 bridgehead atoms. The maximum Gasteiger partial charge on any atom is 0.156 e. The molecule has 0 amide bonds. The molecule has 2 atom stereocenters. The van der Waals surface area contributed by atoms with Crippen molar-refractivity contribution < 1.29 is 9.84 Å². The van der Waals surface area contributed by atoms with Gasteiger partial charge in [0.15, 0.2) is 5.75 Å². The maximum absolute atomic E-state index is 10.1. The van der Waals surface area contributed by atoms with Gasteiger partial charge in [0.1, 0.15) is 0 Å². The number of likely N-dealkylation sites (tertiary alicyclic amines) is 1.